The fraction of sp³-hybridized carbons (Fsp3) is 0.500. The Kier molecular flexibility index (Phi) is 6.97. The molecule has 0 radical (unpaired) electrons. The lowest BCUT2D eigenvalue weighted by Crippen LogP contribution is -2.47. The number of fused-ring (bicyclic) bond motifs is 2. The zero-order valence-corrected chi connectivity index (χ0v) is 17.8. The molecule has 0 aromatic heterocycles. The number of rotatable bonds is 9. The third-order valence-corrected chi connectivity index (χ3v) is 5.71. The molecule has 0 fully saturated rings. The minimum Gasteiger partial charge on any atom is -0.486 e. The van der Waals surface area contributed by atoms with Crippen molar-refractivity contribution in [1.29, 1.82) is 0 Å². The van der Waals surface area contributed by atoms with Gasteiger partial charge in [-0.25, -0.2) is 0 Å². The van der Waals surface area contributed by atoms with E-state index in [1.165, 1.54) is 0 Å². The van der Waals surface area contributed by atoms with Crippen LogP contribution in [0.5, 0.6) is 23.0 Å². The summed E-state index contributed by atoms with van der Waals surface area (Å²) in [6, 6.07) is 16.1. The zero-order valence-electron chi connectivity index (χ0n) is 17.8. The van der Waals surface area contributed by atoms with Crippen LogP contribution in [0.1, 0.15) is 26.7 Å². The summed E-state index contributed by atoms with van der Waals surface area (Å²) in [5.74, 6) is 3.32. The number of unbranched alkanes of at least 4 members (excludes halogenated alkanes) is 1. The zero-order chi connectivity index (χ0) is 20.8. The van der Waals surface area contributed by atoms with Gasteiger partial charge in [-0.15, -0.1) is 0 Å². The lowest BCUT2D eigenvalue weighted by Gasteiger charge is -2.31. The van der Waals surface area contributed by atoms with E-state index in [4.69, 9.17) is 18.9 Å². The maximum absolute atomic E-state index is 6.07. The van der Waals surface area contributed by atoms with Gasteiger partial charge in [0.15, 0.2) is 23.0 Å². The lowest BCUT2D eigenvalue weighted by atomic mass is 10.1. The molecule has 2 heterocycles. The average Bonchev–Trinajstić information content (AvgIpc) is 2.80. The van der Waals surface area contributed by atoms with E-state index in [0.29, 0.717) is 13.2 Å². The standard InChI is InChI=1S/C24H32N2O4/c1-17(23-15-27-19-9-3-5-11-21(19)29-23)25-13-7-8-14-26-18(2)24-16-28-20-10-4-6-12-22(20)30-24/h3-6,9-12,17-18,23-26H,7-8,13-16H2,1-2H3/t17-,18-,23-,24+/m0/s1. The van der Waals surface area contributed by atoms with Crippen molar-refractivity contribution >= 4 is 0 Å². The predicted molar refractivity (Wildman–Crippen MR) is 117 cm³/mol. The summed E-state index contributed by atoms with van der Waals surface area (Å²) in [6.45, 7) is 7.37. The van der Waals surface area contributed by atoms with Crippen LogP contribution in [0.15, 0.2) is 48.5 Å². The minimum absolute atomic E-state index is 0.0318. The number of hydrogen-bond donors (Lipinski definition) is 2. The second-order valence-corrected chi connectivity index (χ2v) is 8.02. The molecule has 162 valence electrons. The SMILES string of the molecule is C[C@H](NCCCCN[C@@H](C)[C@H]1COc2ccccc2O1)[C@@H]1COc2ccccc2O1. The van der Waals surface area contributed by atoms with E-state index in [1.54, 1.807) is 0 Å². The van der Waals surface area contributed by atoms with Gasteiger partial charge in [0.2, 0.25) is 0 Å². The molecule has 6 nitrogen and oxygen atoms in total. The highest BCUT2D eigenvalue weighted by Gasteiger charge is 2.26. The van der Waals surface area contributed by atoms with Crippen molar-refractivity contribution in [1.82, 2.24) is 10.6 Å². The van der Waals surface area contributed by atoms with Gasteiger partial charge in [0.25, 0.3) is 0 Å². The van der Waals surface area contributed by atoms with Crippen molar-refractivity contribution in [2.75, 3.05) is 26.3 Å². The molecule has 0 unspecified atom stereocenters. The first-order valence-corrected chi connectivity index (χ1v) is 10.9. The van der Waals surface area contributed by atoms with Crippen molar-refractivity contribution in [3.05, 3.63) is 48.5 Å². The summed E-state index contributed by atoms with van der Waals surface area (Å²) in [4.78, 5) is 0. The van der Waals surface area contributed by atoms with Crippen LogP contribution in [-0.2, 0) is 0 Å². The van der Waals surface area contributed by atoms with E-state index in [2.05, 4.69) is 24.5 Å². The molecule has 6 heteroatoms. The van der Waals surface area contributed by atoms with E-state index >= 15 is 0 Å². The second kappa shape index (κ2) is 10.0. The fourth-order valence-corrected chi connectivity index (χ4v) is 3.74. The molecular formula is C24H32N2O4. The summed E-state index contributed by atoms with van der Waals surface area (Å²) in [5, 5.41) is 7.14. The van der Waals surface area contributed by atoms with Gasteiger partial charge in [-0.2, -0.15) is 0 Å². The van der Waals surface area contributed by atoms with Gasteiger partial charge in [-0.05, 0) is 64.0 Å². The monoisotopic (exact) mass is 412 g/mol. The number of para-hydroxylation sites is 4. The summed E-state index contributed by atoms with van der Waals surface area (Å²) < 4.78 is 23.8. The van der Waals surface area contributed by atoms with Crippen molar-refractivity contribution in [2.24, 2.45) is 0 Å². The van der Waals surface area contributed by atoms with Crippen molar-refractivity contribution < 1.29 is 18.9 Å². The molecule has 0 bridgehead atoms. The Labute approximate surface area is 178 Å². The van der Waals surface area contributed by atoms with Crippen molar-refractivity contribution in [2.45, 2.75) is 51.0 Å². The van der Waals surface area contributed by atoms with Crippen LogP contribution in [0.25, 0.3) is 0 Å². The lowest BCUT2D eigenvalue weighted by molar-refractivity contribution is 0.0656. The molecule has 30 heavy (non-hydrogen) atoms. The van der Waals surface area contributed by atoms with Crippen LogP contribution in [0.4, 0.5) is 0 Å². The van der Waals surface area contributed by atoms with Gasteiger partial charge in [-0.3, -0.25) is 0 Å². The third kappa shape index (κ3) is 5.18. The molecule has 0 saturated heterocycles. The first kappa shape index (κ1) is 20.8. The fourth-order valence-electron chi connectivity index (χ4n) is 3.74. The minimum atomic E-state index is 0.0318. The molecule has 0 saturated carbocycles. The highest BCUT2D eigenvalue weighted by Crippen LogP contribution is 2.32. The van der Waals surface area contributed by atoms with E-state index in [1.807, 2.05) is 48.5 Å². The molecule has 0 aliphatic carbocycles. The Bertz CT molecular complexity index is 748. The molecule has 4 atom stereocenters. The van der Waals surface area contributed by atoms with Crippen LogP contribution < -0.4 is 29.6 Å². The molecule has 0 spiro atoms. The molecule has 2 aromatic carbocycles. The smallest absolute Gasteiger partial charge is 0.161 e. The summed E-state index contributed by atoms with van der Waals surface area (Å²) in [6.07, 6.45) is 2.26. The van der Waals surface area contributed by atoms with Crippen LogP contribution in [0, 0.1) is 0 Å². The average molecular weight is 413 g/mol. The van der Waals surface area contributed by atoms with Crippen molar-refractivity contribution in [3.8, 4) is 23.0 Å². The first-order valence-electron chi connectivity index (χ1n) is 10.9. The molecule has 2 N–H and O–H groups in total. The van der Waals surface area contributed by atoms with E-state index in [0.717, 1.165) is 48.9 Å². The third-order valence-electron chi connectivity index (χ3n) is 5.71. The Morgan fingerprint density at radius 3 is 1.53 bits per heavy atom. The van der Waals surface area contributed by atoms with Gasteiger partial charge in [0.1, 0.15) is 25.4 Å². The largest absolute Gasteiger partial charge is 0.486 e. The van der Waals surface area contributed by atoms with Crippen LogP contribution in [0.3, 0.4) is 0 Å². The summed E-state index contributed by atoms with van der Waals surface area (Å²) in [5.41, 5.74) is 0. The summed E-state index contributed by atoms with van der Waals surface area (Å²) >= 11 is 0. The quantitative estimate of drug-likeness (QED) is 0.616. The Balaban J connectivity index is 1.10. The maximum atomic E-state index is 6.07. The number of nitrogens with one attached hydrogen (secondary N) is 2. The Morgan fingerprint density at radius 1 is 0.700 bits per heavy atom. The number of ether oxygens (including phenoxy) is 4. The van der Waals surface area contributed by atoms with E-state index < -0.39 is 0 Å². The predicted octanol–water partition coefficient (Wildman–Crippen LogP) is 3.40. The van der Waals surface area contributed by atoms with Gasteiger partial charge >= 0.3 is 0 Å². The normalized spacial score (nSPS) is 21.7. The molecule has 2 aliphatic rings. The number of hydrogen-bond acceptors (Lipinski definition) is 6. The Morgan fingerprint density at radius 2 is 1.10 bits per heavy atom. The molecule has 0 amide bonds. The van der Waals surface area contributed by atoms with E-state index in [-0.39, 0.29) is 24.3 Å². The van der Waals surface area contributed by atoms with Gasteiger partial charge < -0.3 is 29.6 Å². The van der Waals surface area contributed by atoms with Gasteiger partial charge in [0.05, 0.1) is 0 Å². The first-order chi connectivity index (χ1) is 14.7. The van der Waals surface area contributed by atoms with E-state index in [9.17, 15) is 0 Å². The maximum Gasteiger partial charge on any atom is 0.161 e. The molecule has 4 rings (SSSR count). The highest BCUT2D eigenvalue weighted by atomic mass is 16.6. The number of benzene rings is 2. The second-order valence-electron chi connectivity index (χ2n) is 8.02. The van der Waals surface area contributed by atoms with Crippen molar-refractivity contribution in [3.63, 3.8) is 0 Å². The molecular weight excluding hydrogens is 380 g/mol. The van der Waals surface area contributed by atoms with Crippen LogP contribution in [0.2, 0.25) is 0 Å². The van der Waals surface area contributed by atoms with Crippen LogP contribution >= 0.6 is 0 Å². The van der Waals surface area contributed by atoms with Gasteiger partial charge in [0, 0.05) is 12.1 Å². The van der Waals surface area contributed by atoms with Crippen LogP contribution in [-0.4, -0.2) is 50.6 Å². The highest BCUT2D eigenvalue weighted by molar-refractivity contribution is 5.41. The summed E-state index contributed by atoms with van der Waals surface area (Å²) in [7, 11) is 0. The topological polar surface area (TPSA) is 61.0 Å². The van der Waals surface area contributed by atoms with Gasteiger partial charge in [-0.1, -0.05) is 24.3 Å². The Hall–Kier alpha value is -2.44. The molecule has 2 aromatic rings. The molecule has 2 aliphatic heterocycles.